The second-order valence-corrected chi connectivity index (χ2v) is 3.92. The predicted molar refractivity (Wildman–Crippen MR) is 53.0 cm³/mol. The molecule has 2 unspecified atom stereocenters. The zero-order valence-electron chi connectivity index (χ0n) is 8.66. The van der Waals surface area contributed by atoms with Gasteiger partial charge in [-0.15, -0.1) is 0 Å². The second-order valence-electron chi connectivity index (χ2n) is 3.92. The van der Waals surface area contributed by atoms with E-state index in [4.69, 9.17) is 9.78 Å². The average molecular weight is 215 g/mol. The minimum absolute atomic E-state index is 0.0415. The first-order chi connectivity index (χ1) is 7.79. The number of rotatable bonds is 2. The maximum atomic E-state index is 8.72. The molecule has 6 heteroatoms. The van der Waals surface area contributed by atoms with E-state index in [0.29, 0.717) is 11.7 Å². The molecule has 3 rings (SSSR count). The van der Waals surface area contributed by atoms with Crippen molar-refractivity contribution in [3.05, 3.63) is 18.4 Å². The highest BCUT2D eigenvalue weighted by Crippen LogP contribution is 2.46. The SMILES string of the molecule is Cn1cncc1-c1noc(C2CC2C#N)n1. The number of hydrogen-bond acceptors (Lipinski definition) is 5. The maximum Gasteiger partial charge on any atom is 0.231 e. The van der Waals surface area contributed by atoms with Crippen LogP contribution in [0.2, 0.25) is 0 Å². The first-order valence-electron chi connectivity index (χ1n) is 4.99. The molecule has 1 aliphatic rings. The van der Waals surface area contributed by atoms with Crippen LogP contribution in [0.5, 0.6) is 0 Å². The molecule has 16 heavy (non-hydrogen) atoms. The van der Waals surface area contributed by atoms with E-state index in [-0.39, 0.29) is 11.8 Å². The molecule has 80 valence electrons. The van der Waals surface area contributed by atoms with Gasteiger partial charge >= 0.3 is 0 Å². The lowest BCUT2D eigenvalue weighted by Gasteiger charge is -1.92. The minimum atomic E-state index is 0.0415. The fraction of sp³-hybridized carbons (Fsp3) is 0.400. The summed E-state index contributed by atoms with van der Waals surface area (Å²) < 4.78 is 6.97. The van der Waals surface area contributed by atoms with Crippen molar-refractivity contribution in [1.29, 1.82) is 5.26 Å². The van der Waals surface area contributed by atoms with E-state index in [0.717, 1.165) is 12.1 Å². The molecule has 1 saturated carbocycles. The van der Waals surface area contributed by atoms with Crippen molar-refractivity contribution < 1.29 is 4.52 Å². The highest BCUT2D eigenvalue weighted by molar-refractivity contribution is 5.47. The Morgan fingerprint density at radius 3 is 3.12 bits per heavy atom. The summed E-state index contributed by atoms with van der Waals surface area (Å²) >= 11 is 0. The lowest BCUT2D eigenvalue weighted by Crippen LogP contribution is -1.91. The Balaban J connectivity index is 1.90. The van der Waals surface area contributed by atoms with Gasteiger partial charge in [-0.3, -0.25) is 0 Å². The van der Waals surface area contributed by atoms with Crippen LogP contribution in [0, 0.1) is 17.2 Å². The van der Waals surface area contributed by atoms with Crippen LogP contribution in [0.15, 0.2) is 17.0 Å². The van der Waals surface area contributed by atoms with Gasteiger partial charge in [-0.25, -0.2) is 4.98 Å². The van der Waals surface area contributed by atoms with Crippen LogP contribution < -0.4 is 0 Å². The van der Waals surface area contributed by atoms with Gasteiger partial charge in [0.2, 0.25) is 11.7 Å². The van der Waals surface area contributed by atoms with E-state index in [2.05, 4.69) is 21.2 Å². The van der Waals surface area contributed by atoms with Crippen LogP contribution in [0.4, 0.5) is 0 Å². The number of hydrogen-bond donors (Lipinski definition) is 0. The largest absolute Gasteiger partial charge is 0.339 e. The Kier molecular flexibility index (Phi) is 1.80. The Morgan fingerprint density at radius 1 is 1.62 bits per heavy atom. The van der Waals surface area contributed by atoms with Crippen LogP contribution >= 0.6 is 0 Å². The molecule has 0 amide bonds. The van der Waals surface area contributed by atoms with Gasteiger partial charge in [0, 0.05) is 7.05 Å². The van der Waals surface area contributed by atoms with Crippen LogP contribution in [-0.2, 0) is 7.05 Å². The van der Waals surface area contributed by atoms with Crippen molar-refractivity contribution >= 4 is 0 Å². The number of aryl methyl sites for hydroxylation is 1. The van der Waals surface area contributed by atoms with E-state index in [9.17, 15) is 0 Å². The normalized spacial score (nSPS) is 23.0. The Labute approximate surface area is 91.5 Å². The number of imidazole rings is 1. The highest BCUT2D eigenvalue weighted by Gasteiger charge is 2.43. The average Bonchev–Trinajstić information content (AvgIpc) is 2.70. The molecule has 0 aliphatic heterocycles. The van der Waals surface area contributed by atoms with Crippen molar-refractivity contribution in [1.82, 2.24) is 19.7 Å². The monoisotopic (exact) mass is 215 g/mol. The van der Waals surface area contributed by atoms with Crippen molar-refractivity contribution in [2.45, 2.75) is 12.3 Å². The van der Waals surface area contributed by atoms with Crippen LogP contribution in [0.25, 0.3) is 11.5 Å². The summed E-state index contributed by atoms with van der Waals surface area (Å²) in [5.41, 5.74) is 0.809. The second kappa shape index (κ2) is 3.17. The summed E-state index contributed by atoms with van der Waals surface area (Å²) in [5.74, 6) is 1.25. The fourth-order valence-corrected chi connectivity index (χ4v) is 1.67. The van der Waals surface area contributed by atoms with Crippen molar-refractivity contribution in [3.8, 4) is 17.6 Å². The standard InChI is InChI=1S/C10H9N5O/c1-15-5-12-4-8(15)9-13-10(16-14-9)7-2-6(7)3-11/h4-7H,2H2,1H3. The van der Waals surface area contributed by atoms with E-state index in [1.54, 1.807) is 12.5 Å². The number of nitriles is 1. The first-order valence-corrected chi connectivity index (χ1v) is 4.99. The summed E-state index contributed by atoms with van der Waals surface area (Å²) in [6, 6.07) is 2.20. The summed E-state index contributed by atoms with van der Waals surface area (Å²) in [5, 5.41) is 12.6. The highest BCUT2D eigenvalue weighted by atomic mass is 16.5. The Hall–Kier alpha value is -2.16. The summed E-state index contributed by atoms with van der Waals surface area (Å²) in [4.78, 5) is 8.27. The van der Waals surface area contributed by atoms with Crippen LogP contribution in [0.3, 0.4) is 0 Å². The molecule has 0 bridgehead atoms. The van der Waals surface area contributed by atoms with Gasteiger partial charge in [-0.1, -0.05) is 5.16 Å². The molecule has 2 atom stereocenters. The molecular formula is C10H9N5O. The van der Waals surface area contributed by atoms with Gasteiger partial charge < -0.3 is 9.09 Å². The van der Waals surface area contributed by atoms with E-state index in [1.165, 1.54) is 0 Å². The zero-order valence-corrected chi connectivity index (χ0v) is 8.66. The molecule has 2 aromatic rings. The van der Waals surface area contributed by atoms with Gasteiger partial charge in [0.1, 0.15) is 5.69 Å². The molecule has 0 radical (unpaired) electrons. The third-order valence-electron chi connectivity index (χ3n) is 2.76. The van der Waals surface area contributed by atoms with Gasteiger partial charge in [-0.05, 0) is 6.42 Å². The Morgan fingerprint density at radius 2 is 2.50 bits per heavy atom. The van der Waals surface area contributed by atoms with E-state index >= 15 is 0 Å². The first kappa shape index (κ1) is 9.09. The van der Waals surface area contributed by atoms with E-state index < -0.39 is 0 Å². The molecule has 0 aromatic carbocycles. The third kappa shape index (κ3) is 1.29. The molecule has 0 N–H and O–H groups in total. The topological polar surface area (TPSA) is 80.5 Å². The number of nitrogens with zero attached hydrogens (tertiary/aromatic N) is 5. The lowest BCUT2D eigenvalue weighted by molar-refractivity contribution is 0.378. The van der Waals surface area contributed by atoms with Crippen molar-refractivity contribution in [3.63, 3.8) is 0 Å². The van der Waals surface area contributed by atoms with E-state index in [1.807, 2.05) is 11.6 Å². The van der Waals surface area contributed by atoms with Gasteiger partial charge in [-0.2, -0.15) is 10.2 Å². The Bertz CT molecular complexity index is 564. The molecule has 6 nitrogen and oxygen atoms in total. The molecule has 1 aliphatic carbocycles. The smallest absolute Gasteiger partial charge is 0.231 e. The van der Waals surface area contributed by atoms with Crippen LogP contribution in [-0.4, -0.2) is 19.7 Å². The lowest BCUT2D eigenvalue weighted by atomic mass is 10.3. The molecule has 2 aromatic heterocycles. The maximum absolute atomic E-state index is 8.72. The third-order valence-corrected chi connectivity index (χ3v) is 2.76. The van der Waals surface area contributed by atoms with Crippen LogP contribution in [0.1, 0.15) is 18.2 Å². The number of aromatic nitrogens is 4. The fourth-order valence-electron chi connectivity index (χ4n) is 1.67. The minimum Gasteiger partial charge on any atom is -0.339 e. The quantitative estimate of drug-likeness (QED) is 0.749. The molecular weight excluding hydrogens is 206 g/mol. The summed E-state index contributed by atoms with van der Waals surface area (Å²) in [6.07, 6.45) is 4.19. The predicted octanol–water partition coefficient (Wildman–Crippen LogP) is 1.10. The molecule has 0 saturated heterocycles. The summed E-state index contributed by atoms with van der Waals surface area (Å²) in [7, 11) is 1.87. The zero-order chi connectivity index (χ0) is 11.1. The summed E-state index contributed by atoms with van der Waals surface area (Å²) in [6.45, 7) is 0. The van der Waals surface area contributed by atoms with Crippen molar-refractivity contribution in [2.75, 3.05) is 0 Å². The molecule has 0 spiro atoms. The van der Waals surface area contributed by atoms with Gasteiger partial charge in [0.25, 0.3) is 0 Å². The van der Waals surface area contributed by atoms with Crippen molar-refractivity contribution in [2.24, 2.45) is 13.0 Å². The van der Waals surface area contributed by atoms with Gasteiger partial charge in [0.05, 0.1) is 30.4 Å². The van der Waals surface area contributed by atoms with Gasteiger partial charge in [0.15, 0.2) is 0 Å². The molecule has 2 heterocycles. The molecule has 1 fully saturated rings.